The van der Waals surface area contributed by atoms with E-state index in [2.05, 4.69) is 11.9 Å². The summed E-state index contributed by atoms with van der Waals surface area (Å²) >= 11 is 0. The van der Waals surface area contributed by atoms with Crippen LogP contribution in [0.4, 0.5) is 0 Å². The van der Waals surface area contributed by atoms with Crippen molar-refractivity contribution < 1.29 is 5.11 Å². The zero-order chi connectivity index (χ0) is 10.7. The molecule has 0 atom stereocenters. The van der Waals surface area contributed by atoms with Crippen molar-refractivity contribution in [3.05, 3.63) is 0 Å². The molecular formula is C13H25NO. The summed E-state index contributed by atoms with van der Waals surface area (Å²) in [7, 11) is 2.24. The minimum absolute atomic E-state index is 0.230. The highest BCUT2D eigenvalue weighted by atomic mass is 16.3. The predicted molar refractivity (Wildman–Crippen MR) is 62.9 cm³/mol. The van der Waals surface area contributed by atoms with Crippen molar-refractivity contribution in [1.29, 1.82) is 0 Å². The zero-order valence-corrected chi connectivity index (χ0v) is 10.0. The van der Waals surface area contributed by atoms with Gasteiger partial charge in [0.1, 0.15) is 0 Å². The van der Waals surface area contributed by atoms with Gasteiger partial charge >= 0.3 is 0 Å². The molecular weight excluding hydrogens is 186 g/mol. The second kappa shape index (κ2) is 4.84. The molecule has 1 N–H and O–H groups in total. The highest BCUT2D eigenvalue weighted by Gasteiger charge is 2.35. The summed E-state index contributed by atoms with van der Waals surface area (Å²) in [5.41, 5.74) is 0.230. The molecule has 2 saturated carbocycles. The molecule has 88 valence electrons. The molecule has 2 rings (SSSR count). The van der Waals surface area contributed by atoms with Gasteiger partial charge in [-0.3, -0.25) is 0 Å². The molecule has 0 amide bonds. The topological polar surface area (TPSA) is 23.5 Å². The lowest BCUT2D eigenvalue weighted by atomic mass is 9.80. The Morgan fingerprint density at radius 2 is 1.73 bits per heavy atom. The van der Waals surface area contributed by atoms with Crippen molar-refractivity contribution in [2.75, 3.05) is 20.2 Å². The number of aliphatic hydroxyl groups excluding tert-OH is 1. The molecule has 0 aromatic carbocycles. The quantitative estimate of drug-likeness (QED) is 0.722. The Bertz CT molecular complexity index is 193. The van der Waals surface area contributed by atoms with Gasteiger partial charge in [0, 0.05) is 24.6 Å². The van der Waals surface area contributed by atoms with E-state index in [1.807, 2.05) is 0 Å². The first-order valence-corrected chi connectivity index (χ1v) is 6.57. The second-order valence-electron chi connectivity index (χ2n) is 5.72. The van der Waals surface area contributed by atoms with Crippen LogP contribution in [0.2, 0.25) is 0 Å². The van der Waals surface area contributed by atoms with Gasteiger partial charge in [0.05, 0.1) is 0 Å². The molecule has 0 bridgehead atoms. The maximum atomic E-state index is 9.69. The van der Waals surface area contributed by atoms with Crippen LogP contribution in [-0.2, 0) is 0 Å². The van der Waals surface area contributed by atoms with E-state index in [1.54, 1.807) is 0 Å². The Morgan fingerprint density at radius 3 is 2.20 bits per heavy atom. The Hall–Kier alpha value is -0.0800. The Balaban J connectivity index is 1.92. The van der Waals surface area contributed by atoms with Crippen LogP contribution in [0.15, 0.2) is 0 Å². The molecule has 0 aliphatic heterocycles. The summed E-state index contributed by atoms with van der Waals surface area (Å²) in [6.07, 6.45) is 10.6. The van der Waals surface area contributed by atoms with Crippen LogP contribution in [0.1, 0.15) is 51.4 Å². The van der Waals surface area contributed by atoms with Gasteiger partial charge in [0.15, 0.2) is 0 Å². The van der Waals surface area contributed by atoms with Crippen LogP contribution in [0.25, 0.3) is 0 Å². The van der Waals surface area contributed by atoms with Crippen LogP contribution < -0.4 is 0 Å². The molecule has 0 aromatic rings. The SMILES string of the molecule is CN(CC1(CO)CCCCCC1)C1CC1. The van der Waals surface area contributed by atoms with Crippen LogP contribution in [0.3, 0.4) is 0 Å². The predicted octanol–water partition coefficient (Wildman–Crippen LogP) is 2.41. The van der Waals surface area contributed by atoms with E-state index in [0.29, 0.717) is 6.61 Å². The van der Waals surface area contributed by atoms with Gasteiger partial charge in [-0.25, -0.2) is 0 Å². The van der Waals surface area contributed by atoms with Crippen LogP contribution >= 0.6 is 0 Å². The maximum absolute atomic E-state index is 9.69. The van der Waals surface area contributed by atoms with Gasteiger partial charge in [0.25, 0.3) is 0 Å². The van der Waals surface area contributed by atoms with Crippen molar-refractivity contribution >= 4 is 0 Å². The van der Waals surface area contributed by atoms with Gasteiger partial charge in [-0.15, -0.1) is 0 Å². The molecule has 0 aromatic heterocycles. The number of hydrogen-bond donors (Lipinski definition) is 1. The van der Waals surface area contributed by atoms with Crippen molar-refractivity contribution in [3.8, 4) is 0 Å². The van der Waals surface area contributed by atoms with Gasteiger partial charge in [0.2, 0.25) is 0 Å². The average molecular weight is 211 g/mol. The van der Waals surface area contributed by atoms with E-state index < -0.39 is 0 Å². The van der Waals surface area contributed by atoms with Crippen LogP contribution in [-0.4, -0.2) is 36.2 Å². The van der Waals surface area contributed by atoms with E-state index >= 15 is 0 Å². The van der Waals surface area contributed by atoms with Crippen molar-refractivity contribution in [3.63, 3.8) is 0 Å². The monoisotopic (exact) mass is 211 g/mol. The summed E-state index contributed by atoms with van der Waals surface area (Å²) in [6, 6.07) is 0.830. The second-order valence-corrected chi connectivity index (χ2v) is 5.72. The number of hydrogen-bond acceptors (Lipinski definition) is 2. The van der Waals surface area contributed by atoms with E-state index in [1.165, 1.54) is 51.4 Å². The van der Waals surface area contributed by atoms with Gasteiger partial charge in [-0.1, -0.05) is 25.7 Å². The first-order valence-electron chi connectivity index (χ1n) is 6.57. The van der Waals surface area contributed by atoms with Crippen LogP contribution in [0, 0.1) is 5.41 Å². The molecule has 0 unspecified atom stereocenters. The minimum Gasteiger partial charge on any atom is -0.396 e. The van der Waals surface area contributed by atoms with Gasteiger partial charge in [-0.05, 0) is 32.7 Å². The van der Waals surface area contributed by atoms with Crippen molar-refractivity contribution in [2.24, 2.45) is 5.41 Å². The fraction of sp³-hybridized carbons (Fsp3) is 1.00. The number of rotatable bonds is 4. The number of aliphatic hydroxyl groups is 1. The summed E-state index contributed by atoms with van der Waals surface area (Å²) in [5, 5.41) is 9.69. The highest BCUT2D eigenvalue weighted by molar-refractivity contribution is 4.89. The third-order valence-electron chi connectivity index (χ3n) is 4.25. The molecule has 2 aliphatic rings. The largest absolute Gasteiger partial charge is 0.396 e. The molecule has 0 saturated heterocycles. The molecule has 2 heteroatoms. The normalized spacial score (nSPS) is 26.6. The fourth-order valence-corrected chi connectivity index (χ4v) is 3.02. The standard InChI is InChI=1S/C13H25NO/c1-14(12-6-7-12)10-13(11-15)8-4-2-3-5-9-13/h12,15H,2-11H2,1H3. The fourth-order valence-electron chi connectivity index (χ4n) is 3.02. The average Bonchev–Trinajstić information content (AvgIpc) is 3.05. The third-order valence-corrected chi connectivity index (χ3v) is 4.25. The summed E-state index contributed by atoms with van der Waals surface area (Å²) in [6.45, 7) is 1.51. The van der Waals surface area contributed by atoms with Gasteiger partial charge < -0.3 is 10.0 Å². The highest BCUT2D eigenvalue weighted by Crippen LogP contribution is 2.37. The summed E-state index contributed by atoms with van der Waals surface area (Å²) < 4.78 is 0. The van der Waals surface area contributed by atoms with E-state index in [-0.39, 0.29) is 5.41 Å². The molecule has 0 heterocycles. The third kappa shape index (κ3) is 2.94. The molecule has 15 heavy (non-hydrogen) atoms. The Morgan fingerprint density at radius 1 is 1.13 bits per heavy atom. The summed E-state index contributed by atoms with van der Waals surface area (Å²) in [4.78, 5) is 2.49. The first kappa shape index (κ1) is 11.4. The Labute approximate surface area is 93.7 Å². The molecule has 2 aliphatic carbocycles. The smallest absolute Gasteiger partial charge is 0.0499 e. The molecule has 0 spiro atoms. The lowest BCUT2D eigenvalue weighted by Crippen LogP contribution is -2.39. The van der Waals surface area contributed by atoms with E-state index in [0.717, 1.165) is 12.6 Å². The summed E-state index contributed by atoms with van der Waals surface area (Å²) in [5.74, 6) is 0. The lowest BCUT2D eigenvalue weighted by Gasteiger charge is -2.35. The first-order chi connectivity index (χ1) is 7.26. The molecule has 2 fully saturated rings. The van der Waals surface area contributed by atoms with E-state index in [9.17, 15) is 5.11 Å². The van der Waals surface area contributed by atoms with Crippen molar-refractivity contribution in [1.82, 2.24) is 4.90 Å². The maximum Gasteiger partial charge on any atom is 0.0499 e. The molecule has 2 nitrogen and oxygen atoms in total. The molecule has 0 radical (unpaired) electrons. The van der Waals surface area contributed by atoms with Crippen LogP contribution in [0.5, 0.6) is 0 Å². The Kier molecular flexibility index (Phi) is 3.68. The number of nitrogens with zero attached hydrogens (tertiary/aromatic N) is 1. The lowest BCUT2D eigenvalue weighted by molar-refractivity contribution is 0.0662. The minimum atomic E-state index is 0.230. The van der Waals surface area contributed by atoms with E-state index in [4.69, 9.17) is 0 Å². The van der Waals surface area contributed by atoms with Crippen molar-refractivity contribution in [2.45, 2.75) is 57.4 Å². The van der Waals surface area contributed by atoms with Gasteiger partial charge in [-0.2, -0.15) is 0 Å². The zero-order valence-electron chi connectivity index (χ0n) is 10.0.